The van der Waals surface area contributed by atoms with Gasteiger partial charge in [-0.1, -0.05) is 12.1 Å². The number of carbonyl (C=O) groups is 3. The molecule has 0 heterocycles. The first-order chi connectivity index (χ1) is 14.9. The maximum atomic E-state index is 12.2. The lowest BCUT2D eigenvalue weighted by atomic mass is 10.1. The second-order valence-corrected chi connectivity index (χ2v) is 7.97. The van der Waals surface area contributed by atoms with Crippen LogP contribution in [0.2, 0.25) is 0 Å². The number of alkyl carbamates (subject to hydrolysis) is 1. The third-order valence-corrected chi connectivity index (χ3v) is 4.04. The van der Waals surface area contributed by atoms with Gasteiger partial charge in [0, 0.05) is 30.8 Å². The van der Waals surface area contributed by atoms with Gasteiger partial charge in [-0.25, -0.2) is 4.79 Å². The minimum absolute atomic E-state index is 0.0123. The van der Waals surface area contributed by atoms with Crippen LogP contribution in [0.3, 0.4) is 0 Å². The van der Waals surface area contributed by atoms with Crippen molar-refractivity contribution >= 4 is 23.6 Å². The number of carbonyl (C=O) groups excluding carboxylic acids is 3. The smallest absolute Gasteiger partial charge is 0.407 e. The Labute approximate surface area is 185 Å². The van der Waals surface area contributed by atoms with Crippen molar-refractivity contribution in [2.75, 3.05) is 11.9 Å². The fraction of sp³-hybridized carbons (Fsp3) is 0.318. The highest BCUT2D eigenvalue weighted by Gasteiger charge is 2.16. The van der Waals surface area contributed by atoms with E-state index in [1.54, 1.807) is 45.0 Å². The van der Waals surface area contributed by atoms with Crippen LogP contribution < -0.4 is 16.0 Å². The van der Waals surface area contributed by atoms with Crippen LogP contribution in [0, 0.1) is 0 Å². The number of nitrogens with one attached hydrogen (secondary N) is 3. The molecule has 0 unspecified atom stereocenters. The second-order valence-electron chi connectivity index (χ2n) is 7.97. The Kier molecular flexibility index (Phi) is 7.89. The monoisotopic (exact) mass is 445 g/mol. The summed E-state index contributed by atoms with van der Waals surface area (Å²) in [4.78, 5) is 35.7. The molecule has 0 fully saturated rings. The summed E-state index contributed by atoms with van der Waals surface area (Å²) in [5.41, 5.74) is 0.675. The van der Waals surface area contributed by atoms with Crippen molar-refractivity contribution < 1.29 is 34.4 Å². The molecule has 2 rings (SSSR count). The Balaban J connectivity index is 1.79. The molecule has 0 radical (unpaired) electrons. The zero-order valence-corrected chi connectivity index (χ0v) is 18.1. The van der Waals surface area contributed by atoms with Gasteiger partial charge in [0.25, 0.3) is 5.91 Å². The van der Waals surface area contributed by atoms with Gasteiger partial charge in [0.15, 0.2) is 17.2 Å². The van der Waals surface area contributed by atoms with Crippen molar-refractivity contribution in [3.8, 4) is 17.2 Å². The summed E-state index contributed by atoms with van der Waals surface area (Å²) in [6.07, 6.45) is -0.516. The Bertz CT molecular complexity index is 959. The van der Waals surface area contributed by atoms with E-state index in [9.17, 15) is 29.7 Å². The molecule has 0 saturated carbocycles. The molecule has 0 atom stereocenters. The number of phenols is 3. The Hall–Kier alpha value is -3.95. The van der Waals surface area contributed by atoms with Gasteiger partial charge in [-0.3, -0.25) is 9.59 Å². The van der Waals surface area contributed by atoms with Gasteiger partial charge in [-0.2, -0.15) is 0 Å². The first kappa shape index (κ1) is 24.3. The van der Waals surface area contributed by atoms with E-state index >= 15 is 0 Å². The average Bonchev–Trinajstić information content (AvgIpc) is 2.69. The van der Waals surface area contributed by atoms with Crippen LogP contribution in [0.15, 0.2) is 36.4 Å². The maximum Gasteiger partial charge on any atom is 0.407 e. The molecule has 0 saturated heterocycles. The van der Waals surface area contributed by atoms with Crippen molar-refractivity contribution in [3.05, 3.63) is 47.5 Å². The third kappa shape index (κ3) is 7.71. The van der Waals surface area contributed by atoms with Crippen molar-refractivity contribution in [2.24, 2.45) is 0 Å². The third-order valence-electron chi connectivity index (χ3n) is 4.04. The number of phenolic OH excluding ortho intramolecular Hbond substituents is 3. The molecule has 10 nitrogen and oxygen atoms in total. The van der Waals surface area contributed by atoms with E-state index in [1.165, 1.54) is 0 Å². The fourth-order valence-electron chi connectivity index (χ4n) is 2.54. The van der Waals surface area contributed by atoms with Crippen LogP contribution in [0.5, 0.6) is 17.2 Å². The summed E-state index contributed by atoms with van der Waals surface area (Å²) in [6, 6.07) is 8.83. The summed E-state index contributed by atoms with van der Waals surface area (Å²) in [7, 11) is 0. The minimum atomic E-state index is -0.695. The van der Waals surface area contributed by atoms with Crippen LogP contribution in [-0.2, 0) is 16.1 Å². The van der Waals surface area contributed by atoms with Gasteiger partial charge in [-0.15, -0.1) is 0 Å². The van der Waals surface area contributed by atoms with E-state index in [1.807, 2.05) is 0 Å². The zero-order valence-electron chi connectivity index (χ0n) is 18.1. The van der Waals surface area contributed by atoms with Gasteiger partial charge in [0.2, 0.25) is 5.91 Å². The normalized spacial score (nSPS) is 10.8. The van der Waals surface area contributed by atoms with E-state index in [0.717, 1.165) is 17.7 Å². The van der Waals surface area contributed by atoms with Crippen LogP contribution in [0.1, 0.15) is 43.1 Å². The molecule has 0 aliphatic rings. The molecule has 0 bridgehead atoms. The van der Waals surface area contributed by atoms with Crippen molar-refractivity contribution in [1.82, 2.24) is 10.6 Å². The molecule has 3 amide bonds. The van der Waals surface area contributed by atoms with Gasteiger partial charge in [0.1, 0.15) is 5.60 Å². The summed E-state index contributed by atoms with van der Waals surface area (Å²) in [5, 5.41) is 36.2. The Morgan fingerprint density at radius 2 is 1.53 bits per heavy atom. The summed E-state index contributed by atoms with van der Waals surface area (Å²) >= 11 is 0. The van der Waals surface area contributed by atoms with Crippen molar-refractivity contribution in [1.29, 1.82) is 0 Å². The van der Waals surface area contributed by atoms with Gasteiger partial charge >= 0.3 is 6.09 Å². The van der Waals surface area contributed by atoms with Gasteiger partial charge in [0.05, 0.1) is 0 Å². The summed E-state index contributed by atoms with van der Waals surface area (Å²) < 4.78 is 5.09. The van der Waals surface area contributed by atoms with E-state index in [4.69, 9.17) is 4.74 Å². The number of anilines is 1. The predicted molar refractivity (Wildman–Crippen MR) is 117 cm³/mol. The van der Waals surface area contributed by atoms with Crippen molar-refractivity contribution in [2.45, 2.75) is 39.3 Å². The lowest BCUT2D eigenvalue weighted by Crippen LogP contribution is -2.34. The number of hydrogen-bond donors (Lipinski definition) is 6. The SMILES string of the molecule is CC(C)(C)OC(=O)NCCC(=O)Nc1ccc(CNC(=O)c2cc(O)c(O)c(O)c2)cc1. The largest absolute Gasteiger partial charge is 0.504 e. The van der Waals surface area contributed by atoms with Crippen LogP contribution in [-0.4, -0.2) is 45.4 Å². The van der Waals surface area contributed by atoms with E-state index < -0.39 is 34.9 Å². The highest BCUT2D eigenvalue weighted by molar-refractivity contribution is 5.95. The number of benzene rings is 2. The maximum absolute atomic E-state index is 12.2. The number of amides is 3. The molecule has 2 aromatic carbocycles. The Morgan fingerprint density at radius 3 is 2.09 bits per heavy atom. The molecule has 6 N–H and O–H groups in total. The van der Waals surface area contributed by atoms with E-state index in [2.05, 4.69) is 16.0 Å². The lowest BCUT2D eigenvalue weighted by Gasteiger charge is -2.19. The van der Waals surface area contributed by atoms with Crippen LogP contribution >= 0.6 is 0 Å². The number of hydrogen-bond acceptors (Lipinski definition) is 7. The average molecular weight is 445 g/mol. The Morgan fingerprint density at radius 1 is 0.938 bits per heavy atom. The van der Waals surface area contributed by atoms with E-state index in [0.29, 0.717) is 5.69 Å². The summed E-state index contributed by atoms with van der Waals surface area (Å²) in [6.45, 7) is 5.54. The number of rotatable bonds is 7. The standard InChI is InChI=1S/C22H27N3O7/c1-22(2,3)32-21(31)23-9-8-18(28)25-15-6-4-13(5-7-15)12-24-20(30)14-10-16(26)19(29)17(27)11-14/h4-7,10-11,26-27,29H,8-9,12H2,1-3H3,(H,23,31)(H,24,30)(H,25,28). The highest BCUT2D eigenvalue weighted by Crippen LogP contribution is 2.35. The van der Waals surface area contributed by atoms with E-state index in [-0.39, 0.29) is 31.0 Å². The number of ether oxygens (including phenoxy) is 1. The molecule has 172 valence electrons. The molecule has 0 aliphatic heterocycles. The molecule has 32 heavy (non-hydrogen) atoms. The highest BCUT2D eigenvalue weighted by atomic mass is 16.6. The molecule has 0 spiro atoms. The zero-order chi connectivity index (χ0) is 23.9. The molecular formula is C22H27N3O7. The fourth-order valence-corrected chi connectivity index (χ4v) is 2.54. The first-order valence-electron chi connectivity index (χ1n) is 9.83. The van der Waals surface area contributed by atoms with Gasteiger partial charge in [-0.05, 0) is 50.6 Å². The van der Waals surface area contributed by atoms with Crippen LogP contribution in [0.4, 0.5) is 10.5 Å². The minimum Gasteiger partial charge on any atom is -0.504 e. The van der Waals surface area contributed by atoms with Crippen molar-refractivity contribution in [3.63, 3.8) is 0 Å². The molecular weight excluding hydrogens is 418 g/mol. The lowest BCUT2D eigenvalue weighted by molar-refractivity contribution is -0.116. The first-order valence-corrected chi connectivity index (χ1v) is 9.83. The van der Waals surface area contributed by atoms with Crippen LogP contribution in [0.25, 0.3) is 0 Å². The summed E-state index contributed by atoms with van der Waals surface area (Å²) in [5.74, 6) is -2.73. The predicted octanol–water partition coefficient (Wildman–Crippen LogP) is 2.59. The molecule has 0 aromatic heterocycles. The molecule has 10 heteroatoms. The quantitative estimate of drug-likeness (QED) is 0.358. The molecule has 0 aliphatic carbocycles. The topological polar surface area (TPSA) is 157 Å². The second kappa shape index (κ2) is 10.4. The molecule has 2 aromatic rings. The van der Waals surface area contributed by atoms with Gasteiger partial charge < -0.3 is 36.0 Å². The number of aromatic hydroxyl groups is 3.